The average molecular weight is 473 g/mol. The number of carbonyl (C=O) groups is 1. The highest BCUT2D eigenvalue weighted by atomic mass is 79.9. The number of rotatable bonds is 3. The molecule has 0 aliphatic carbocycles. The Morgan fingerprint density at radius 2 is 1.93 bits per heavy atom. The van der Waals surface area contributed by atoms with E-state index in [-0.39, 0.29) is 18.0 Å². The van der Waals surface area contributed by atoms with Crippen molar-refractivity contribution in [1.29, 1.82) is 0 Å². The number of carbonyl (C=O) groups excluding carboxylic acids is 1. The Balaban J connectivity index is 1.88. The molecule has 0 unspecified atom stereocenters. The minimum absolute atomic E-state index is 0.171. The van der Waals surface area contributed by atoms with E-state index in [1.807, 2.05) is 20.8 Å². The fraction of sp³-hybridized carbons (Fsp3) is 0.333. The van der Waals surface area contributed by atoms with Crippen molar-refractivity contribution in [3.05, 3.63) is 45.3 Å². The van der Waals surface area contributed by atoms with Crippen LogP contribution in [0.15, 0.2) is 39.7 Å². The second-order valence-electron chi connectivity index (χ2n) is 8.01. The highest BCUT2D eigenvalue weighted by Gasteiger charge is 2.21. The van der Waals surface area contributed by atoms with Gasteiger partial charge in [-0.3, -0.25) is 14.2 Å². The van der Waals surface area contributed by atoms with Gasteiger partial charge >= 0.3 is 0 Å². The highest BCUT2D eigenvalue weighted by Crippen LogP contribution is 2.34. The minimum Gasteiger partial charge on any atom is -0.486 e. The summed E-state index contributed by atoms with van der Waals surface area (Å²) in [4.78, 5) is 34.8. The number of nitrogens with one attached hydrogen (secondary N) is 1. The molecule has 0 saturated carbocycles. The summed E-state index contributed by atoms with van der Waals surface area (Å²) in [5.74, 6) is 1.26. The molecule has 3 heterocycles. The third-order valence-corrected chi connectivity index (χ3v) is 4.83. The molecule has 1 N–H and O–H groups in total. The summed E-state index contributed by atoms with van der Waals surface area (Å²) in [6.07, 6.45) is 1.58. The summed E-state index contributed by atoms with van der Waals surface area (Å²) in [5, 5.41) is 3.21. The molecule has 0 radical (unpaired) electrons. The first kappa shape index (κ1) is 20.3. The van der Waals surface area contributed by atoms with Crippen LogP contribution in [0.5, 0.6) is 11.5 Å². The van der Waals surface area contributed by atoms with Crippen LogP contribution in [-0.4, -0.2) is 39.2 Å². The third kappa shape index (κ3) is 4.16. The van der Waals surface area contributed by atoms with Gasteiger partial charge < -0.3 is 14.8 Å². The Bertz CT molecular complexity index is 1200. The molecule has 1 aromatic carbocycles. The van der Waals surface area contributed by atoms with Crippen LogP contribution in [-0.2, 0) is 11.3 Å². The molecule has 1 amide bonds. The van der Waals surface area contributed by atoms with Crippen molar-refractivity contribution in [2.45, 2.75) is 32.9 Å². The number of fused-ring (bicyclic) bond motifs is 2. The zero-order valence-electron chi connectivity index (χ0n) is 16.9. The van der Waals surface area contributed by atoms with E-state index in [2.05, 4.69) is 31.2 Å². The summed E-state index contributed by atoms with van der Waals surface area (Å²) in [6, 6.07) is 6.98. The molecule has 0 atom stereocenters. The normalized spacial score (nSPS) is 13.3. The first-order chi connectivity index (χ1) is 14.2. The molecule has 3 aromatic rings. The van der Waals surface area contributed by atoms with E-state index in [0.717, 1.165) is 0 Å². The van der Waals surface area contributed by atoms with E-state index < -0.39 is 5.54 Å². The van der Waals surface area contributed by atoms with Crippen LogP contribution in [0.1, 0.15) is 20.8 Å². The van der Waals surface area contributed by atoms with Crippen LogP contribution in [0.25, 0.3) is 22.4 Å². The lowest BCUT2D eigenvalue weighted by molar-refractivity contribution is -0.123. The predicted molar refractivity (Wildman–Crippen MR) is 116 cm³/mol. The Morgan fingerprint density at radius 3 is 2.67 bits per heavy atom. The predicted octanol–water partition coefficient (Wildman–Crippen LogP) is 2.91. The fourth-order valence-electron chi connectivity index (χ4n) is 3.23. The van der Waals surface area contributed by atoms with Gasteiger partial charge in [0.05, 0.1) is 5.39 Å². The van der Waals surface area contributed by atoms with E-state index >= 15 is 0 Å². The summed E-state index contributed by atoms with van der Waals surface area (Å²) in [5.41, 5.74) is 0.169. The van der Waals surface area contributed by atoms with Crippen molar-refractivity contribution in [3.63, 3.8) is 0 Å². The zero-order chi connectivity index (χ0) is 21.5. The third-order valence-electron chi connectivity index (χ3n) is 4.39. The maximum Gasteiger partial charge on any atom is 0.263 e. The topological polar surface area (TPSA) is 95.3 Å². The molecule has 8 nitrogen and oxygen atoms in total. The zero-order valence-corrected chi connectivity index (χ0v) is 18.4. The maximum atomic E-state index is 13.3. The number of ether oxygens (including phenoxy) is 2. The Kier molecular flexibility index (Phi) is 5.23. The molecule has 9 heteroatoms. The average Bonchev–Trinajstić information content (AvgIpc) is 2.68. The fourth-order valence-corrected chi connectivity index (χ4v) is 3.56. The number of aromatic nitrogens is 3. The number of benzene rings is 1. The number of nitrogens with zero attached hydrogens (tertiary/aromatic N) is 3. The maximum absolute atomic E-state index is 13.3. The summed E-state index contributed by atoms with van der Waals surface area (Å²) in [6.45, 7) is 6.41. The van der Waals surface area contributed by atoms with Gasteiger partial charge in [-0.25, -0.2) is 9.97 Å². The minimum atomic E-state index is -0.424. The van der Waals surface area contributed by atoms with Crippen molar-refractivity contribution < 1.29 is 14.3 Å². The van der Waals surface area contributed by atoms with Gasteiger partial charge in [0.1, 0.15) is 25.6 Å². The molecule has 30 heavy (non-hydrogen) atoms. The lowest BCUT2D eigenvalue weighted by atomic mass is 10.1. The molecule has 2 aromatic heterocycles. The molecule has 0 fully saturated rings. The summed E-state index contributed by atoms with van der Waals surface area (Å²) >= 11 is 3.34. The molecular formula is C21H21BrN4O4. The smallest absolute Gasteiger partial charge is 0.263 e. The van der Waals surface area contributed by atoms with Crippen molar-refractivity contribution in [2.75, 3.05) is 13.2 Å². The first-order valence-electron chi connectivity index (χ1n) is 9.48. The Labute approximate surface area is 181 Å². The van der Waals surface area contributed by atoms with Crippen molar-refractivity contribution in [1.82, 2.24) is 19.9 Å². The van der Waals surface area contributed by atoms with Crippen LogP contribution >= 0.6 is 15.9 Å². The molecule has 4 rings (SSSR count). The number of halogens is 1. The lowest BCUT2D eigenvalue weighted by Gasteiger charge is -2.22. The van der Waals surface area contributed by atoms with E-state index in [1.54, 1.807) is 30.5 Å². The SMILES string of the molecule is CC(C)(C)NC(=O)Cn1c(-c2ccc3c(c2)OCCO3)nc2ncc(Br)cc2c1=O. The standard InChI is InChI=1S/C21H21BrN4O4/c1-21(2,3)25-17(27)11-26-19(12-4-5-15-16(8-12)30-7-6-29-15)24-18-14(20(26)28)9-13(22)10-23-18/h4-5,8-10H,6-7,11H2,1-3H3,(H,25,27). The Morgan fingerprint density at radius 1 is 1.20 bits per heavy atom. The highest BCUT2D eigenvalue weighted by molar-refractivity contribution is 9.10. The first-order valence-corrected chi connectivity index (χ1v) is 10.3. The molecule has 0 saturated heterocycles. The number of pyridine rings is 1. The molecule has 0 spiro atoms. The summed E-state index contributed by atoms with van der Waals surface area (Å²) < 4.78 is 13.3. The molecular weight excluding hydrogens is 452 g/mol. The van der Waals surface area contributed by atoms with Crippen LogP contribution in [0.3, 0.4) is 0 Å². The van der Waals surface area contributed by atoms with Crippen LogP contribution in [0.4, 0.5) is 0 Å². The summed E-state index contributed by atoms with van der Waals surface area (Å²) in [7, 11) is 0. The van der Waals surface area contributed by atoms with E-state index in [1.165, 1.54) is 4.57 Å². The van der Waals surface area contributed by atoms with Crippen LogP contribution < -0.4 is 20.3 Å². The molecule has 1 aliphatic rings. The largest absolute Gasteiger partial charge is 0.486 e. The quantitative estimate of drug-likeness (QED) is 0.629. The van der Waals surface area contributed by atoms with Crippen molar-refractivity contribution in [3.8, 4) is 22.9 Å². The van der Waals surface area contributed by atoms with Gasteiger partial charge in [0.2, 0.25) is 5.91 Å². The van der Waals surface area contributed by atoms with E-state index in [0.29, 0.717) is 51.6 Å². The van der Waals surface area contributed by atoms with Crippen LogP contribution in [0.2, 0.25) is 0 Å². The molecule has 0 bridgehead atoms. The van der Waals surface area contributed by atoms with Gasteiger partial charge in [0, 0.05) is 21.8 Å². The number of hydrogen-bond acceptors (Lipinski definition) is 6. The van der Waals surface area contributed by atoms with Gasteiger partial charge in [0.15, 0.2) is 17.1 Å². The van der Waals surface area contributed by atoms with Gasteiger partial charge in [-0.2, -0.15) is 0 Å². The monoisotopic (exact) mass is 472 g/mol. The van der Waals surface area contributed by atoms with Crippen LogP contribution in [0, 0.1) is 0 Å². The second kappa shape index (κ2) is 7.71. The van der Waals surface area contributed by atoms with Gasteiger partial charge in [0.25, 0.3) is 5.56 Å². The van der Waals surface area contributed by atoms with E-state index in [9.17, 15) is 9.59 Å². The van der Waals surface area contributed by atoms with Gasteiger partial charge in [-0.1, -0.05) is 0 Å². The molecule has 156 valence electrons. The lowest BCUT2D eigenvalue weighted by Crippen LogP contribution is -2.43. The van der Waals surface area contributed by atoms with Crippen molar-refractivity contribution in [2.24, 2.45) is 0 Å². The van der Waals surface area contributed by atoms with Crippen molar-refractivity contribution >= 4 is 32.9 Å². The van der Waals surface area contributed by atoms with Gasteiger partial charge in [-0.15, -0.1) is 0 Å². The van der Waals surface area contributed by atoms with E-state index in [4.69, 9.17) is 9.47 Å². The van der Waals surface area contributed by atoms with Gasteiger partial charge in [-0.05, 0) is 61.0 Å². The molecule has 1 aliphatic heterocycles. The number of amides is 1. The second-order valence-corrected chi connectivity index (χ2v) is 8.92. The number of hydrogen-bond donors (Lipinski definition) is 1. The Hall–Kier alpha value is -2.94.